The third-order valence-electron chi connectivity index (χ3n) is 10.6. The Morgan fingerprint density at radius 3 is 2.26 bits per heavy atom. The lowest BCUT2D eigenvalue weighted by Crippen LogP contribution is -2.70. The Bertz CT molecular complexity index is 1070. The van der Waals surface area contributed by atoms with Gasteiger partial charge in [-0.2, -0.15) is 0 Å². The van der Waals surface area contributed by atoms with Gasteiger partial charge in [-0.15, -0.1) is 0 Å². The Balaban J connectivity index is 1.97. The molecule has 0 spiro atoms. The molecule has 0 aromatic heterocycles. The van der Waals surface area contributed by atoms with Crippen molar-refractivity contribution in [1.82, 2.24) is 0 Å². The number of carbonyl (C=O) groups excluding carboxylic acids is 3. The first-order valence-electron chi connectivity index (χ1n) is 12.1. The van der Waals surface area contributed by atoms with Crippen LogP contribution in [0.2, 0.25) is 0 Å². The van der Waals surface area contributed by atoms with Crippen LogP contribution in [0.25, 0.3) is 0 Å². The fraction of sp³-hybridized carbons (Fsp3) is 0.704. The molecular weight excluding hydrogens is 436 g/mol. The van der Waals surface area contributed by atoms with E-state index in [0.29, 0.717) is 31.3 Å². The van der Waals surface area contributed by atoms with E-state index in [1.54, 1.807) is 13.8 Å². The summed E-state index contributed by atoms with van der Waals surface area (Å²) in [5.41, 5.74) is -5.13. The van der Waals surface area contributed by atoms with Crippen LogP contribution in [0, 0.1) is 38.9 Å². The number of aliphatic carboxylic acids is 1. The number of ether oxygens (including phenoxy) is 1. The Kier molecular flexibility index (Phi) is 5.11. The summed E-state index contributed by atoms with van der Waals surface area (Å²) < 4.78 is 5.66. The molecule has 0 amide bonds. The van der Waals surface area contributed by atoms with Gasteiger partial charge in [-0.3, -0.25) is 14.4 Å². The van der Waals surface area contributed by atoms with Gasteiger partial charge in [0.05, 0.1) is 5.41 Å². The topological polar surface area (TPSA) is 118 Å². The fourth-order valence-electron chi connectivity index (χ4n) is 8.89. The highest BCUT2D eigenvalue weighted by Gasteiger charge is 2.80. The van der Waals surface area contributed by atoms with Gasteiger partial charge in [0.1, 0.15) is 18.1 Å². The van der Waals surface area contributed by atoms with Gasteiger partial charge < -0.3 is 19.7 Å². The normalized spacial score (nSPS) is 45.0. The molecule has 186 valence electrons. The molecule has 0 bridgehead atoms. The molecule has 34 heavy (non-hydrogen) atoms. The molecule has 0 saturated heterocycles. The lowest BCUT2D eigenvalue weighted by Gasteiger charge is -2.67. The molecule has 2 fully saturated rings. The Morgan fingerprint density at radius 2 is 1.74 bits per heavy atom. The molecule has 7 heteroatoms. The monoisotopic (exact) mass is 472 g/mol. The van der Waals surface area contributed by atoms with Gasteiger partial charge in [-0.1, -0.05) is 32.4 Å². The third-order valence-corrected chi connectivity index (χ3v) is 10.6. The van der Waals surface area contributed by atoms with Crippen molar-refractivity contribution in [2.75, 3.05) is 0 Å². The van der Waals surface area contributed by atoms with Crippen LogP contribution >= 0.6 is 0 Å². The number of aldehydes is 1. The van der Waals surface area contributed by atoms with Crippen LogP contribution in [0.4, 0.5) is 0 Å². The minimum Gasteiger partial charge on any atom is -0.511 e. The number of ketones is 1. The van der Waals surface area contributed by atoms with Gasteiger partial charge in [0.2, 0.25) is 0 Å². The second kappa shape index (κ2) is 7.05. The molecule has 4 rings (SSSR count). The predicted octanol–water partition coefficient (Wildman–Crippen LogP) is 4.41. The average Bonchev–Trinajstić information content (AvgIpc) is 2.91. The van der Waals surface area contributed by atoms with E-state index in [9.17, 15) is 29.4 Å². The second-order valence-electron chi connectivity index (χ2n) is 12.0. The van der Waals surface area contributed by atoms with Crippen molar-refractivity contribution in [3.8, 4) is 0 Å². The summed E-state index contributed by atoms with van der Waals surface area (Å²) in [6, 6.07) is 0. The number of allylic oxidation sites excluding steroid dienone is 3. The molecule has 0 aromatic carbocycles. The van der Waals surface area contributed by atoms with Crippen LogP contribution in [0.1, 0.15) is 74.1 Å². The van der Waals surface area contributed by atoms with Crippen LogP contribution in [0.5, 0.6) is 0 Å². The van der Waals surface area contributed by atoms with Gasteiger partial charge >= 0.3 is 11.9 Å². The number of hydrogen-bond donors (Lipinski definition) is 2. The Labute approximate surface area is 200 Å². The van der Waals surface area contributed by atoms with Crippen LogP contribution in [-0.2, 0) is 23.9 Å². The third kappa shape index (κ3) is 2.38. The van der Waals surface area contributed by atoms with Gasteiger partial charge in [-0.25, -0.2) is 0 Å². The first-order valence-corrected chi connectivity index (χ1v) is 12.1. The van der Waals surface area contributed by atoms with Crippen LogP contribution < -0.4 is 0 Å². The van der Waals surface area contributed by atoms with E-state index in [1.807, 2.05) is 26.8 Å². The molecule has 4 aliphatic rings. The smallest absolute Gasteiger partial charge is 0.319 e. The molecule has 0 unspecified atom stereocenters. The predicted molar refractivity (Wildman–Crippen MR) is 124 cm³/mol. The van der Waals surface area contributed by atoms with E-state index in [4.69, 9.17) is 4.74 Å². The van der Waals surface area contributed by atoms with E-state index in [1.165, 1.54) is 13.8 Å². The first-order chi connectivity index (χ1) is 15.6. The molecule has 2 N–H and O–H groups in total. The van der Waals surface area contributed by atoms with Crippen molar-refractivity contribution < 1.29 is 34.1 Å². The molecule has 7 nitrogen and oxygen atoms in total. The van der Waals surface area contributed by atoms with E-state index in [0.717, 1.165) is 6.29 Å². The molecule has 0 heterocycles. The number of Topliss-reactive ketones (excluding diaryl/α,β-unsaturated/α-hetero) is 1. The van der Waals surface area contributed by atoms with Crippen LogP contribution in [-0.4, -0.2) is 40.3 Å². The minimum atomic E-state index is -1.91. The van der Waals surface area contributed by atoms with Crippen molar-refractivity contribution in [1.29, 1.82) is 0 Å². The van der Waals surface area contributed by atoms with Gasteiger partial charge in [0.25, 0.3) is 0 Å². The maximum Gasteiger partial charge on any atom is 0.319 e. The molecule has 7 atom stereocenters. The highest BCUT2D eigenvalue weighted by atomic mass is 16.5. The fourth-order valence-corrected chi connectivity index (χ4v) is 8.89. The summed E-state index contributed by atoms with van der Waals surface area (Å²) in [5.74, 6) is -3.04. The number of carboxylic acids is 1. The number of carboxylic acid groups (broad SMARTS) is 1. The highest BCUT2D eigenvalue weighted by molar-refractivity contribution is 6.17. The lowest BCUT2D eigenvalue weighted by atomic mass is 9.33. The summed E-state index contributed by atoms with van der Waals surface area (Å²) in [6.07, 6.45) is 4.42. The number of esters is 1. The van der Waals surface area contributed by atoms with Crippen molar-refractivity contribution >= 4 is 24.0 Å². The molecule has 0 aliphatic heterocycles. The van der Waals surface area contributed by atoms with E-state index in [2.05, 4.69) is 0 Å². The second-order valence-corrected chi connectivity index (χ2v) is 12.0. The van der Waals surface area contributed by atoms with Crippen LogP contribution in [0.3, 0.4) is 0 Å². The van der Waals surface area contributed by atoms with Gasteiger partial charge in [0.15, 0.2) is 11.2 Å². The number of carbonyl (C=O) groups is 4. The van der Waals surface area contributed by atoms with Gasteiger partial charge in [-0.05, 0) is 63.7 Å². The number of aliphatic hydroxyl groups excluding tert-OH is 1. The molecule has 2 saturated carbocycles. The quantitative estimate of drug-likeness (QED) is 0.270. The van der Waals surface area contributed by atoms with Crippen molar-refractivity contribution in [2.24, 2.45) is 38.9 Å². The first kappa shape index (κ1) is 24.7. The summed E-state index contributed by atoms with van der Waals surface area (Å²) >= 11 is 0. The number of hydrogen-bond acceptors (Lipinski definition) is 6. The van der Waals surface area contributed by atoms with Gasteiger partial charge in [0, 0.05) is 23.3 Å². The summed E-state index contributed by atoms with van der Waals surface area (Å²) in [5, 5.41) is 21.9. The minimum absolute atomic E-state index is 0.0840. The zero-order chi connectivity index (χ0) is 25.6. The summed E-state index contributed by atoms with van der Waals surface area (Å²) in [7, 11) is 0. The number of aliphatic hydroxyl groups is 1. The zero-order valence-electron chi connectivity index (χ0n) is 21.2. The highest BCUT2D eigenvalue weighted by Crippen LogP contribution is 2.76. The molecule has 0 aromatic rings. The maximum absolute atomic E-state index is 13.8. The molecule has 4 aliphatic carbocycles. The average molecular weight is 473 g/mol. The Morgan fingerprint density at radius 1 is 1.12 bits per heavy atom. The lowest BCUT2D eigenvalue weighted by molar-refractivity contribution is -0.216. The SMILES string of the molecule is CC(=O)O[C@H]1CC[C@]2(C=O)[C@H](CC[C@@]3(C)[C@H]2C=C(C)[C@@]2(C)C(O)=C(C)C(=O)[C@]23C(=O)O)C1(C)C. The van der Waals surface area contributed by atoms with Crippen LogP contribution in [0.15, 0.2) is 23.0 Å². The zero-order valence-corrected chi connectivity index (χ0v) is 21.2. The van der Waals surface area contributed by atoms with E-state index >= 15 is 0 Å². The van der Waals surface area contributed by atoms with Crippen molar-refractivity contribution in [2.45, 2.75) is 80.3 Å². The van der Waals surface area contributed by atoms with Crippen molar-refractivity contribution in [3.05, 3.63) is 23.0 Å². The Hall–Kier alpha value is -2.44. The standard InChI is InChI=1S/C27H36O7/c1-14-12-18-24(6,27(22(32)33)21(31)15(2)20(30)25(14,27)7)10-8-17-23(4,5)19(34-16(3)29)9-11-26(17,18)13-28/h12-13,17-19,30H,8-11H2,1-7H3,(H,32,33)/t17-,18-,19+,24+,25+,26+,27-/m1/s1. The summed E-state index contributed by atoms with van der Waals surface area (Å²) in [6.45, 7) is 12.1. The molecule has 0 radical (unpaired) electrons. The largest absolute Gasteiger partial charge is 0.511 e. The van der Waals surface area contributed by atoms with Crippen molar-refractivity contribution in [3.63, 3.8) is 0 Å². The molecular formula is C27H36O7. The number of fused-ring (bicyclic) bond motifs is 5. The summed E-state index contributed by atoms with van der Waals surface area (Å²) in [4.78, 5) is 51.8. The number of rotatable bonds is 3. The van der Waals surface area contributed by atoms with E-state index in [-0.39, 0.29) is 29.3 Å². The maximum atomic E-state index is 13.8. The van der Waals surface area contributed by atoms with E-state index < -0.39 is 44.7 Å².